The Bertz CT molecular complexity index is 1350. The Morgan fingerprint density at radius 2 is 1.65 bits per heavy atom. The van der Waals surface area contributed by atoms with Crippen molar-refractivity contribution in [3.05, 3.63) is 47.0 Å². The van der Waals surface area contributed by atoms with Gasteiger partial charge in [0.15, 0.2) is 13.9 Å². The van der Waals surface area contributed by atoms with Crippen LogP contribution in [0.3, 0.4) is 0 Å². The highest BCUT2D eigenvalue weighted by Gasteiger charge is 2.77. The zero-order valence-corrected chi connectivity index (χ0v) is 30.5. The normalized spacial score (nSPS) is 40.0. The summed E-state index contributed by atoms with van der Waals surface area (Å²) in [6.07, 6.45) is -2.40. The second-order valence-electron chi connectivity index (χ2n) is 15.5. The Morgan fingerprint density at radius 3 is 2.17 bits per heavy atom. The SMILES string of the molecule is CC[Si](CC)(CC)OC1C[C@H]2OC[C@@]2(OC(C)=O)[C@H]2[C@H](OC(=O)c3ccccc3)[C@]3(O)CC(C)C(C)=C([C@H](C)[C@H](O)[C@]12C)C3(C)C. The third kappa shape index (κ3) is 4.97. The number of hydrogen-bond acceptors (Lipinski definition) is 8. The predicted octanol–water partition coefficient (Wildman–Crippen LogP) is 6.45. The highest BCUT2D eigenvalue weighted by atomic mass is 28.4. The van der Waals surface area contributed by atoms with Crippen molar-refractivity contribution in [2.24, 2.45) is 28.6 Å². The molecule has 46 heavy (non-hydrogen) atoms. The summed E-state index contributed by atoms with van der Waals surface area (Å²) in [5, 5.41) is 26.3. The minimum Gasteiger partial charge on any atom is -0.455 e. The smallest absolute Gasteiger partial charge is 0.338 e. The summed E-state index contributed by atoms with van der Waals surface area (Å²) in [5.41, 5.74) is -2.31. The quantitative estimate of drug-likeness (QED) is 0.187. The Kier molecular flexibility index (Phi) is 9.30. The summed E-state index contributed by atoms with van der Waals surface area (Å²) >= 11 is 0. The number of benzene rings is 1. The molecular weight excluding hydrogens is 600 g/mol. The number of fused-ring (bicyclic) bond motifs is 5. The van der Waals surface area contributed by atoms with Crippen LogP contribution in [0.25, 0.3) is 0 Å². The first-order valence-electron chi connectivity index (χ1n) is 17.4. The van der Waals surface area contributed by atoms with E-state index in [1.807, 2.05) is 33.8 Å². The average molecular weight is 657 g/mol. The maximum Gasteiger partial charge on any atom is 0.338 e. The van der Waals surface area contributed by atoms with Crippen LogP contribution in [0.4, 0.5) is 0 Å². The molecule has 1 aromatic carbocycles. The minimum absolute atomic E-state index is 0.0426. The van der Waals surface area contributed by atoms with Crippen LogP contribution in [0, 0.1) is 28.6 Å². The largest absolute Gasteiger partial charge is 0.455 e. The van der Waals surface area contributed by atoms with E-state index in [4.69, 9.17) is 18.6 Å². The van der Waals surface area contributed by atoms with E-state index in [0.29, 0.717) is 18.4 Å². The predicted molar refractivity (Wildman–Crippen MR) is 179 cm³/mol. The molecule has 2 saturated carbocycles. The van der Waals surface area contributed by atoms with Gasteiger partial charge in [-0.25, -0.2) is 4.79 Å². The van der Waals surface area contributed by atoms with Gasteiger partial charge in [0, 0.05) is 30.1 Å². The zero-order valence-electron chi connectivity index (χ0n) is 29.5. The molecule has 0 radical (unpaired) electrons. The van der Waals surface area contributed by atoms with Gasteiger partial charge in [-0.15, -0.1) is 0 Å². The van der Waals surface area contributed by atoms with Crippen molar-refractivity contribution in [2.75, 3.05) is 6.61 Å². The zero-order chi connectivity index (χ0) is 34.0. The number of rotatable bonds is 8. The van der Waals surface area contributed by atoms with Crippen molar-refractivity contribution >= 4 is 20.3 Å². The number of ether oxygens (including phenoxy) is 3. The standard InChI is InChI=1S/C37H56O8Si/c1-11-46(12-2,13-3)45-27-19-28-36(21-42-28,44-25(7)38)30-32(43-33(40)26-17-15-14-16-18-26)37(41)20-22(4)23(5)29(34(37,8)9)24(6)31(39)35(27,30)10/h14-18,22,24,27-28,30-32,39,41H,11-13,19-21H2,1-10H3/t22?,24-,27?,28+,30-,31-,32-,35+,36-,37+/m0/s1. The number of allylic oxidation sites excluding steroid dienone is 1. The van der Waals surface area contributed by atoms with E-state index >= 15 is 0 Å². The van der Waals surface area contributed by atoms with Gasteiger partial charge in [0.1, 0.15) is 17.8 Å². The lowest BCUT2D eigenvalue weighted by Crippen LogP contribution is -2.82. The van der Waals surface area contributed by atoms with Gasteiger partial charge in [-0.05, 0) is 49.5 Å². The van der Waals surface area contributed by atoms with Gasteiger partial charge in [0.05, 0.1) is 30.3 Å². The van der Waals surface area contributed by atoms with Gasteiger partial charge >= 0.3 is 11.9 Å². The van der Waals surface area contributed by atoms with Crippen LogP contribution in [0.5, 0.6) is 0 Å². The lowest BCUT2D eigenvalue weighted by Gasteiger charge is -2.70. The second kappa shape index (κ2) is 12.1. The van der Waals surface area contributed by atoms with E-state index < -0.39 is 72.6 Å². The van der Waals surface area contributed by atoms with Gasteiger partial charge in [-0.1, -0.05) is 84.7 Å². The Morgan fingerprint density at radius 1 is 1.04 bits per heavy atom. The van der Waals surface area contributed by atoms with Crippen molar-refractivity contribution < 1.29 is 38.4 Å². The molecule has 5 rings (SSSR count). The van der Waals surface area contributed by atoms with E-state index in [0.717, 1.165) is 29.3 Å². The van der Waals surface area contributed by atoms with Crippen LogP contribution in [-0.2, 0) is 23.4 Å². The van der Waals surface area contributed by atoms with Crippen LogP contribution < -0.4 is 0 Å². The van der Waals surface area contributed by atoms with Crippen molar-refractivity contribution in [3.8, 4) is 0 Å². The van der Waals surface area contributed by atoms with E-state index in [1.54, 1.807) is 24.3 Å². The lowest BCUT2D eigenvalue weighted by molar-refractivity contribution is -0.361. The molecule has 2 bridgehead atoms. The molecule has 10 atom stereocenters. The Hall–Kier alpha value is -2.04. The number of aliphatic hydroxyl groups is 2. The van der Waals surface area contributed by atoms with Crippen LogP contribution in [0.1, 0.15) is 92.4 Å². The number of esters is 2. The fourth-order valence-corrected chi connectivity index (χ4v) is 13.1. The monoisotopic (exact) mass is 656 g/mol. The molecule has 1 saturated heterocycles. The first-order valence-corrected chi connectivity index (χ1v) is 19.9. The third-order valence-electron chi connectivity index (χ3n) is 13.2. The molecule has 2 unspecified atom stereocenters. The fourth-order valence-electron chi connectivity index (χ4n) is 10.1. The molecule has 0 spiro atoms. The number of hydrogen-bond donors (Lipinski definition) is 2. The van der Waals surface area contributed by atoms with Crippen LogP contribution in [-0.4, -0.2) is 72.7 Å². The maximum atomic E-state index is 14.1. The van der Waals surface area contributed by atoms with E-state index in [9.17, 15) is 19.8 Å². The summed E-state index contributed by atoms with van der Waals surface area (Å²) < 4.78 is 26.5. The second-order valence-corrected chi connectivity index (χ2v) is 20.2. The van der Waals surface area contributed by atoms with Crippen molar-refractivity contribution in [3.63, 3.8) is 0 Å². The summed E-state index contributed by atoms with van der Waals surface area (Å²) in [6.45, 7) is 20.2. The molecule has 8 nitrogen and oxygen atoms in total. The first kappa shape index (κ1) is 35.3. The van der Waals surface area contributed by atoms with Crippen molar-refractivity contribution in [1.82, 2.24) is 0 Å². The lowest BCUT2D eigenvalue weighted by atomic mass is 9.43. The molecule has 1 aromatic rings. The first-order chi connectivity index (χ1) is 21.5. The number of carbonyl (C=O) groups is 2. The maximum absolute atomic E-state index is 14.1. The van der Waals surface area contributed by atoms with Crippen LogP contribution in [0.15, 0.2) is 41.5 Å². The highest BCUT2D eigenvalue weighted by Crippen LogP contribution is 2.67. The third-order valence-corrected chi connectivity index (χ3v) is 17.8. The molecule has 256 valence electrons. The fraction of sp³-hybridized carbons (Fsp3) is 0.730. The molecule has 4 aliphatic rings. The van der Waals surface area contributed by atoms with E-state index in [1.165, 1.54) is 6.92 Å². The average Bonchev–Trinajstić information content (AvgIpc) is 3.01. The van der Waals surface area contributed by atoms with Crippen LogP contribution in [0.2, 0.25) is 18.1 Å². The highest BCUT2D eigenvalue weighted by molar-refractivity contribution is 6.73. The Labute approximate surface area is 276 Å². The molecule has 1 heterocycles. The van der Waals surface area contributed by atoms with E-state index in [2.05, 4.69) is 34.6 Å². The molecular formula is C37H56O8Si. The number of carbonyl (C=O) groups excluding carboxylic acids is 2. The molecule has 3 fully saturated rings. The van der Waals surface area contributed by atoms with Gasteiger partial charge in [0.2, 0.25) is 0 Å². The number of aliphatic hydroxyl groups excluding tert-OH is 1. The molecule has 0 aromatic heterocycles. The molecule has 0 amide bonds. The van der Waals surface area contributed by atoms with Crippen LogP contribution >= 0.6 is 0 Å². The van der Waals surface area contributed by atoms with Gasteiger partial charge in [-0.3, -0.25) is 4.79 Å². The molecule has 1 aliphatic heterocycles. The summed E-state index contributed by atoms with van der Waals surface area (Å²) in [4.78, 5) is 27.1. The van der Waals surface area contributed by atoms with Gasteiger partial charge < -0.3 is 28.8 Å². The summed E-state index contributed by atoms with van der Waals surface area (Å²) in [5.74, 6) is -2.29. The topological polar surface area (TPSA) is 112 Å². The van der Waals surface area contributed by atoms with Crippen molar-refractivity contribution in [1.29, 1.82) is 0 Å². The molecule has 9 heteroatoms. The Balaban J connectivity index is 1.83. The summed E-state index contributed by atoms with van der Waals surface area (Å²) in [7, 11) is -2.26. The van der Waals surface area contributed by atoms with E-state index in [-0.39, 0.29) is 18.4 Å². The van der Waals surface area contributed by atoms with Gasteiger partial charge in [-0.2, -0.15) is 0 Å². The van der Waals surface area contributed by atoms with Gasteiger partial charge in [0.25, 0.3) is 0 Å². The summed E-state index contributed by atoms with van der Waals surface area (Å²) in [6, 6.07) is 11.5. The minimum atomic E-state index is -2.26. The molecule has 3 aliphatic carbocycles. The molecule has 2 N–H and O–H groups in total. The van der Waals surface area contributed by atoms with Crippen molar-refractivity contribution in [2.45, 2.75) is 136 Å².